The maximum absolute atomic E-state index is 10.2. The third kappa shape index (κ3) is 6.05. The highest BCUT2D eigenvalue weighted by molar-refractivity contribution is 9.09. The molecule has 0 N–H and O–H groups in total. The predicted octanol–water partition coefficient (Wildman–Crippen LogP) is 3.47. The number of hydrogen-bond donors (Lipinski definition) is 0. The second kappa shape index (κ2) is 7.34. The molecule has 0 spiro atoms. The van der Waals surface area contributed by atoms with Gasteiger partial charge in [-0.1, -0.05) is 33.2 Å². The van der Waals surface area contributed by atoms with Gasteiger partial charge in [0.2, 0.25) is 0 Å². The number of rotatable bonds is 5. The molecule has 0 amide bonds. The molecule has 0 saturated carbocycles. The fraction of sp³-hybridized carbons (Fsp3) is 0.500. The van der Waals surface area contributed by atoms with Gasteiger partial charge in [0, 0.05) is 10.7 Å². The van der Waals surface area contributed by atoms with E-state index < -0.39 is 0 Å². The van der Waals surface area contributed by atoms with Crippen LogP contribution in [0.15, 0.2) is 23.3 Å². The summed E-state index contributed by atoms with van der Waals surface area (Å²) in [4.78, 5) is 10.4. The molecule has 1 unspecified atom stereocenters. The van der Waals surface area contributed by atoms with Crippen LogP contribution in [-0.2, 0) is 4.79 Å². The van der Waals surface area contributed by atoms with E-state index >= 15 is 0 Å². The number of carbonyl (C=O) groups is 1. The van der Waals surface area contributed by atoms with E-state index in [4.69, 9.17) is 11.6 Å². The molecule has 0 aliphatic heterocycles. The van der Waals surface area contributed by atoms with E-state index in [0.29, 0.717) is 5.88 Å². The molecule has 1 atom stereocenters. The third-order valence-electron chi connectivity index (χ3n) is 1.71. The van der Waals surface area contributed by atoms with Gasteiger partial charge in [-0.2, -0.15) is 0 Å². The van der Waals surface area contributed by atoms with Crippen LogP contribution in [0.4, 0.5) is 0 Å². The Morgan fingerprint density at radius 3 is 2.62 bits per heavy atom. The van der Waals surface area contributed by atoms with E-state index in [1.807, 2.05) is 13.8 Å². The highest BCUT2D eigenvalue weighted by Gasteiger charge is 2.03. The molecule has 0 radical (unpaired) electrons. The average molecular weight is 266 g/mol. The van der Waals surface area contributed by atoms with Crippen LogP contribution in [0.5, 0.6) is 0 Å². The number of aldehydes is 1. The zero-order valence-electron chi connectivity index (χ0n) is 7.89. The van der Waals surface area contributed by atoms with Gasteiger partial charge in [0.05, 0.1) is 0 Å². The summed E-state index contributed by atoms with van der Waals surface area (Å²) in [5.41, 5.74) is 2.19. The van der Waals surface area contributed by atoms with Crippen molar-refractivity contribution in [2.45, 2.75) is 25.1 Å². The largest absolute Gasteiger partial charge is 0.299 e. The maximum Gasteiger partial charge on any atom is 0.142 e. The Hall–Kier alpha value is -0.0800. The minimum atomic E-state index is 0.232. The lowest BCUT2D eigenvalue weighted by atomic mass is 10.1. The SMILES string of the molecule is CC(=CCC(Br)C(C)=CC=O)CCl. The molecule has 0 heterocycles. The zero-order valence-corrected chi connectivity index (χ0v) is 10.2. The summed E-state index contributed by atoms with van der Waals surface area (Å²) in [7, 11) is 0. The molecule has 0 aliphatic carbocycles. The monoisotopic (exact) mass is 264 g/mol. The van der Waals surface area contributed by atoms with E-state index in [2.05, 4.69) is 22.0 Å². The Morgan fingerprint density at radius 1 is 1.54 bits per heavy atom. The number of hydrogen-bond acceptors (Lipinski definition) is 1. The predicted molar refractivity (Wildman–Crippen MR) is 61.6 cm³/mol. The third-order valence-corrected chi connectivity index (χ3v) is 3.23. The molecular formula is C10H14BrClO. The van der Waals surface area contributed by atoms with Gasteiger partial charge in [0.1, 0.15) is 6.29 Å². The smallest absolute Gasteiger partial charge is 0.142 e. The lowest BCUT2D eigenvalue weighted by Crippen LogP contribution is -1.98. The highest BCUT2D eigenvalue weighted by Crippen LogP contribution is 2.16. The molecule has 3 heteroatoms. The van der Waals surface area contributed by atoms with E-state index in [9.17, 15) is 4.79 Å². The molecule has 0 aromatic carbocycles. The molecule has 0 saturated heterocycles. The molecule has 0 aromatic heterocycles. The second-order valence-electron chi connectivity index (χ2n) is 2.93. The Balaban J connectivity index is 4.07. The Bertz CT molecular complexity index is 221. The van der Waals surface area contributed by atoms with Gasteiger partial charge in [-0.05, 0) is 26.3 Å². The number of carbonyl (C=O) groups excluding carboxylic acids is 1. The van der Waals surface area contributed by atoms with Gasteiger partial charge in [-0.25, -0.2) is 0 Å². The van der Waals surface area contributed by atoms with Crippen molar-refractivity contribution in [3.8, 4) is 0 Å². The lowest BCUT2D eigenvalue weighted by Gasteiger charge is -2.06. The minimum Gasteiger partial charge on any atom is -0.299 e. The first-order chi connectivity index (χ1) is 6.11. The van der Waals surface area contributed by atoms with Gasteiger partial charge < -0.3 is 0 Å². The van der Waals surface area contributed by atoms with Crippen molar-refractivity contribution in [3.05, 3.63) is 23.3 Å². The van der Waals surface area contributed by atoms with Crippen LogP contribution in [0, 0.1) is 0 Å². The second-order valence-corrected chi connectivity index (χ2v) is 4.31. The summed E-state index contributed by atoms with van der Waals surface area (Å²) in [6, 6.07) is 0. The summed E-state index contributed by atoms with van der Waals surface area (Å²) in [6.45, 7) is 3.92. The van der Waals surface area contributed by atoms with Crippen molar-refractivity contribution in [1.29, 1.82) is 0 Å². The van der Waals surface area contributed by atoms with Crippen LogP contribution in [0.2, 0.25) is 0 Å². The summed E-state index contributed by atoms with van der Waals surface area (Å²) in [6.07, 6.45) is 5.33. The van der Waals surface area contributed by atoms with Crippen LogP contribution in [0.25, 0.3) is 0 Å². The molecule has 0 aromatic rings. The van der Waals surface area contributed by atoms with Gasteiger partial charge in [-0.15, -0.1) is 11.6 Å². The van der Waals surface area contributed by atoms with E-state index in [0.717, 1.165) is 23.9 Å². The Kier molecular flexibility index (Phi) is 7.29. The quantitative estimate of drug-likeness (QED) is 0.322. The van der Waals surface area contributed by atoms with Gasteiger partial charge >= 0.3 is 0 Å². The van der Waals surface area contributed by atoms with Crippen LogP contribution in [0.1, 0.15) is 20.3 Å². The van der Waals surface area contributed by atoms with Crippen molar-refractivity contribution in [1.82, 2.24) is 0 Å². The van der Waals surface area contributed by atoms with Crippen molar-refractivity contribution >= 4 is 33.8 Å². The van der Waals surface area contributed by atoms with Crippen molar-refractivity contribution in [2.75, 3.05) is 5.88 Å². The van der Waals surface area contributed by atoms with Gasteiger partial charge in [0.25, 0.3) is 0 Å². The summed E-state index contributed by atoms with van der Waals surface area (Å²) in [5.74, 6) is 0.566. The zero-order chi connectivity index (χ0) is 10.3. The number of allylic oxidation sites excluding steroid dienone is 4. The Morgan fingerprint density at radius 2 is 2.15 bits per heavy atom. The normalized spacial score (nSPS) is 15.7. The van der Waals surface area contributed by atoms with Crippen molar-refractivity contribution in [3.63, 3.8) is 0 Å². The molecule has 74 valence electrons. The van der Waals surface area contributed by atoms with Crippen LogP contribution in [0.3, 0.4) is 0 Å². The molecule has 1 nitrogen and oxygen atoms in total. The van der Waals surface area contributed by atoms with E-state index in [-0.39, 0.29) is 4.83 Å². The van der Waals surface area contributed by atoms with Crippen LogP contribution in [-0.4, -0.2) is 17.0 Å². The molecule has 13 heavy (non-hydrogen) atoms. The average Bonchev–Trinajstić information content (AvgIpc) is 2.13. The number of alkyl halides is 2. The first-order valence-corrected chi connectivity index (χ1v) is 5.54. The molecule has 0 bridgehead atoms. The lowest BCUT2D eigenvalue weighted by molar-refractivity contribution is -0.104. The summed E-state index contributed by atoms with van der Waals surface area (Å²) < 4.78 is 0. The minimum absolute atomic E-state index is 0.232. The molecule has 0 rings (SSSR count). The topological polar surface area (TPSA) is 17.1 Å². The molecule has 0 aliphatic rings. The van der Waals surface area contributed by atoms with Crippen molar-refractivity contribution in [2.24, 2.45) is 0 Å². The fourth-order valence-corrected chi connectivity index (χ4v) is 1.21. The van der Waals surface area contributed by atoms with Crippen molar-refractivity contribution < 1.29 is 4.79 Å². The Labute approximate surface area is 93.0 Å². The van der Waals surface area contributed by atoms with Gasteiger partial charge in [0.15, 0.2) is 0 Å². The van der Waals surface area contributed by atoms with Crippen LogP contribution < -0.4 is 0 Å². The summed E-state index contributed by atoms with van der Waals surface area (Å²) >= 11 is 9.11. The fourth-order valence-electron chi connectivity index (χ4n) is 0.757. The molecule has 0 fully saturated rings. The van der Waals surface area contributed by atoms with Crippen LogP contribution >= 0.6 is 27.5 Å². The summed E-state index contributed by atoms with van der Waals surface area (Å²) in [5, 5.41) is 0. The maximum atomic E-state index is 10.2. The first-order valence-electron chi connectivity index (χ1n) is 4.09. The first kappa shape index (κ1) is 12.9. The standard InChI is InChI=1S/C10H14BrClO/c1-8(7-12)3-4-10(11)9(2)5-6-13/h3,5-6,10H,4,7H2,1-2H3. The van der Waals surface area contributed by atoms with E-state index in [1.54, 1.807) is 6.08 Å². The molecular weight excluding hydrogens is 251 g/mol. The van der Waals surface area contributed by atoms with Gasteiger partial charge in [-0.3, -0.25) is 4.79 Å². The number of halogens is 2. The van der Waals surface area contributed by atoms with E-state index in [1.165, 1.54) is 0 Å². The highest BCUT2D eigenvalue weighted by atomic mass is 79.9.